The molecule has 0 bridgehead atoms. The summed E-state index contributed by atoms with van der Waals surface area (Å²) < 4.78 is 0. The van der Waals surface area contributed by atoms with Crippen molar-refractivity contribution in [2.24, 2.45) is 0 Å². The van der Waals surface area contributed by atoms with Crippen molar-refractivity contribution >= 4 is 17.2 Å². The summed E-state index contributed by atoms with van der Waals surface area (Å²) in [6.45, 7) is 7.34. The number of rotatable bonds is 5. The molecule has 0 aliphatic heterocycles. The summed E-state index contributed by atoms with van der Waals surface area (Å²) >= 11 is 1.71. The molecule has 0 aliphatic rings. The van der Waals surface area contributed by atoms with Crippen LogP contribution in [0.4, 0.5) is 5.82 Å². The maximum absolute atomic E-state index is 4.64. The molecule has 0 atom stereocenters. The van der Waals surface area contributed by atoms with Gasteiger partial charge in [-0.25, -0.2) is 9.97 Å². The third-order valence-electron chi connectivity index (χ3n) is 2.59. The summed E-state index contributed by atoms with van der Waals surface area (Å²) in [5.41, 5.74) is 1.02. The van der Waals surface area contributed by atoms with Crippen LogP contribution in [-0.4, -0.2) is 16.5 Å². The van der Waals surface area contributed by atoms with Crippen LogP contribution in [0.1, 0.15) is 38.9 Å². The predicted molar refractivity (Wildman–Crippen MR) is 78.2 cm³/mol. The van der Waals surface area contributed by atoms with Crippen LogP contribution in [0.15, 0.2) is 23.6 Å². The highest BCUT2D eigenvalue weighted by Crippen LogP contribution is 2.26. The molecule has 0 saturated heterocycles. The molecule has 0 aliphatic carbocycles. The molecular formula is C14H19N3S. The third kappa shape index (κ3) is 3.07. The largest absolute Gasteiger partial charge is 0.370 e. The van der Waals surface area contributed by atoms with Crippen molar-refractivity contribution in [1.82, 2.24) is 9.97 Å². The second-order valence-electron chi connectivity index (χ2n) is 4.56. The first-order valence-corrected chi connectivity index (χ1v) is 7.25. The topological polar surface area (TPSA) is 37.8 Å². The minimum atomic E-state index is 0.340. The first kappa shape index (κ1) is 13.0. The van der Waals surface area contributed by atoms with E-state index in [0.717, 1.165) is 30.3 Å². The van der Waals surface area contributed by atoms with Crippen molar-refractivity contribution in [3.8, 4) is 10.6 Å². The fourth-order valence-corrected chi connectivity index (χ4v) is 2.30. The fraction of sp³-hybridized carbons (Fsp3) is 0.429. The van der Waals surface area contributed by atoms with Crippen LogP contribution in [0.25, 0.3) is 10.6 Å². The predicted octanol–water partition coefficient (Wildman–Crippen LogP) is 4.15. The van der Waals surface area contributed by atoms with E-state index in [1.54, 1.807) is 11.3 Å². The van der Waals surface area contributed by atoms with E-state index < -0.39 is 0 Å². The Balaban J connectivity index is 2.36. The van der Waals surface area contributed by atoms with Crippen molar-refractivity contribution < 1.29 is 0 Å². The lowest BCUT2D eigenvalue weighted by Crippen LogP contribution is -2.06. The van der Waals surface area contributed by atoms with Gasteiger partial charge in [-0.1, -0.05) is 26.8 Å². The summed E-state index contributed by atoms with van der Waals surface area (Å²) in [4.78, 5) is 10.4. The lowest BCUT2D eigenvalue weighted by molar-refractivity contribution is 0.776. The van der Waals surface area contributed by atoms with Gasteiger partial charge in [0.05, 0.1) is 10.6 Å². The Bertz CT molecular complexity index is 492. The average molecular weight is 261 g/mol. The summed E-state index contributed by atoms with van der Waals surface area (Å²) in [5, 5.41) is 5.42. The standard InChI is InChI=1S/C14H19N3S/c1-4-7-15-13-9-11(12-6-5-8-18-12)16-14(17-13)10(2)3/h5-6,8-10H,4,7H2,1-3H3,(H,15,16,17). The van der Waals surface area contributed by atoms with Crippen LogP contribution in [0.3, 0.4) is 0 Å². The van der Waals surface area contributed by atoms with E-state index >= 15 is 0 Å². The third-order valence-corrected chi connectivity index (χ3v) is 3.48. The van der Waals surface area contributed by atoms with Gasteiger partial charge in [0, 0.05) is 18.5 Å². The van der Waals surface area contributed by atoms with Gasteiger partial charge in [-0.3, -0.25) is 0 Å². The van der Waals surface area contributed by atoms with Crippen LogP contribution in [-0.2, 0) is 0 Å². The molecule has 18 heavy (non-hydrogen) atoms. The van der Waals surface area contributed by atoms with Gasteiger partial charge in [-0.2, -0.15) is 0 Å². The van der Waals surface area contributed by atoms with Gasteiger partial charge >= 0.3 is 0 Å². The van der Waals surface area contributed by atoms with Gasteiger partial charge in [-0.05, 0) is 17.9 Å². The Morgan fingerprint density at radius 1 is 1.33 bits per heavy atom. The number of hydrogen-bond donors (Lipinski definition) is 1. The molecule has 0 radical (unpaired) electrons. The quantitative estimate of drug-likeness (QED) is 0.878. The minimum absolute atomic E-state index is 0.340. The molecular weight excluding hydrogens is 242 g/mol. The SMILES string of the molecule is CCCNc1cc(-c2cccs2)nc(C(C)C)n1. The molecule has 4 heteroatoms. The van der Waals surface area contributed by atoms with Crippen molar-refractivity contribution in [1.29, 1.82) is 0 Å². The van der Waals surface area contributed by atoms with E-state index in [-0.39, 0.29) is 0 Å². The minimum Gasteiger partial charge on any atom is -0.370 e. The Hall–Kier alpha value is -1.42. The number of hydrogen-bond acceptors (Lipinski definition) is 4. The maximum atomic E-state index is 4.64. The molecule has 2 aromatic heterocycles. The van der Waals surface area contributed by atoms with Crippen LogP contribution in [0.5, 0.6) is 0 Å². The first-order chi connectivity index (χ1) is 8.70. The molecule has 3 nitrogen and oxygen atoms in total. The molecule has 1 N–H and O–H groups in total. The highest BCUT2D eigenvalue weighted by atomic mass is 32.1. The molecule has 0 spiro atoms. The zero-order chi connectivity index (χ0) is 13.0. The average Bonchev–Trinajstić information content (AvgIpc) is 2.89. The zero-order valence-corrected chi connectivity index (χ0v) is 11.9. The summed E-state index contributed by atoms with van der Waals surface area (Å²) in [7, 11) is 0. The van der Waals surface area contributed by atoms with Gasteiger partial charge in [0.1, 0.15) is 11.6 Å². The molecule has 2 aromatic rings. The van der Waals surface area contributed by atoms with Gasteiger partial charge in [0.2, 0.25) is 0 Å². The Labute approximate surface area is 112 Å². The Morgan fingerprint density at radius 3 is 2.78 bits per heavy atom. The van der Waals surface area contributed by atoms with Gasteiger partial charge in [0.15, 0.2) is 0 Å². The van der Waals surface area contributed by atoms with Gasteiger partial charge < -0.3 is 5.32 Å². The number of nitrogens with one attached hydrogen (secondary N) is 1. The molecule has 0 aromatic carbocycles. The van der Waals surface area contributed by atoms with Crippen molar-refractivity contribution in [3.63, 3.8) is 0 Å². The van der Waals surface area contributed by atoms with Crippen LogP contribution >= 0.6 is 11.3 Å². The van der Waals surface area contributed by atoms with Gasteiger partial charge in [0.25, 0.3) is 0 Å². The van der Waals surface area contributed by atoms with Crippen LogP contribution in [0.2, 0.25) is 0 Å². The smallest absolute Gasteiger partial charge is 0.133 e. The number of aromatic nitrogens is 2. The van der Waals surface area contributed by atoms with Crippen LogP contribution in [0, 0.1) is 0 Å². The summed E-state index contributed by atoms with van der Waals surface area (Å²) in [6.07, 6.45) is 1.09. The fourth-order valence-electron chi connectivity index (χ4n) is 1.62. The van der Waals surface area contributed by atoms with Gasteiger partial charge in [-0.15, -0.1) is 11.3 Å². The van der Waals surface area contributed by atoms with E-state index in [9.17, 15) is 0 Å². The van der Waals surface area contributed by atoms with Crippen molar-refractivity contribution in [3.05, 3.63) is 29.4 Å². The van der Waals surface area contributed by atoms with Crippen molar-refractivity contribution in [2.45, 2.75) is 33.1 Å². The zero-order valence-electron chi connectivity index (χ0n) is 11.1. The van der Waals surface area contributed by atoms with E-state index in [1.165, 1.54) is 4.88 Å². The number of anilines is 1. The monoisotopic (exact) mass is 261 g/mol. The van der Waals surface area contributed by atoms with Crippen LogP contribution < -0.4 is 5.32 Å². The molecule has 0 amide bonds. The molecule has 96 valence electrons. The normalized spacial score (nSPS) is 10.9. The highest BCUT2D eigenvalue weighted by molar-refractivity contribution is 7.13. The van der Waals surface area contributed by atoms with Crippen molar-refractivity contribution in [2.75, 3.05) is 11.9 Å². The number of nitrogens with zero attached hydrogens (tertiary/aromatic N) is 2. The maximum Gasteiger partial charge on any atom is 0.133 e. The van der Waals surface area contributed by atoms with E-state index in [1.807, 2.05) is 6.07 Å². The highest BCUT2D eigenvalue weighted by Gasteiger charge is 2.09. The first-order valence-electron chi connectivity index (χ1n) is 6.37. The lowest BCUT2D eigenvalue weighted by atomic mass is 10.2. The molecule has 2 heterocycles. The molecule has 0 unspecified atom stereocenters. The second-order valence-corrected chi connectivity index (χ2v) is 5.50. The molecule has 0 saturated carbocycles. The van der Waals surface area contributed by atoms with E-state index in [0.29, 0.717) is 5.92 Å². The second kappa shape index (κ2) is 5.96. The Kier molecular flexibility index (Phi) is 4.31. The molecule has 0 fully saturated rings. The summed E-state index contributed by atoms with van der Waals surface area (Å²) in [6, 6.07) is 6.18. The Morgan fingerprint density at radius 2 is 2.17 bits per heavy atom. The molecule has 2 rings (SSSR count). The lowest BCUT2D eigenvalue weighted by Gasteiger charge is -2.10. The van der Waals surface area contributed by atoms with E-state index in [4.69, 9.17) is 0 Å². The summed E-state index contributed by atoms with van der Waals surface area (Å²) in [5.74, 6) is 2.17. The van der Waals surface area contributed by atoms with E-state index in [2.05, 4.69) is 53.6 Å². The number of thiophene rings is 1.